The molecule has 104 valence electrons. The highest BCUT2D eigenvalue weighted by molar-refractivity contribution is 6.51. The molecule has 20 heavy (non-hydrogen) atoms. The molecule has 7 heteroatoms. The lowest BCUT2D eigenvalue weighted by molar-refractivity contribution is 0.103. The lowest BCUT2D eigenvalue weighted by atomic mass is 10.0. The van der Waals surface area contributed by atoms with Crippen molar-refractivity contribution in [2.24, 2.45) is 0 Å². The summed E-state index contributed by atoms with van der Waals surface area (Å²) in [5.74, 6) is -3.31. The first kappa shape index (κ1) is 15.5. The molecule has 0 fully saturated rings. The predicted molar refractivity (Wildman–Crippen MR) is 76.3 cm³/mol. The summed E-state index contributed by atoms with van der Waals surface area (Å²) in [6.45, 7) is 0. The fourth-order valence-electron chi connectivity index (χ4n) is 1.59. The van der Waals surface area contributed by atoms with E-state index in [2.05, 4.69) is 0 Å². The van der Waals surface area contributed by atoms with Gasteiger partial charge in [0.15, 0.2) is 17.4 Å². The van der Waals surface area contributed by atoms with Gasteiger partial charge in [0, 0.05) is 0 Å². The molecule has 0 aliphatic heterocycles. The fourth-order valence-corrected chi connectivity index (χ4v) is 2.67. The Morgan fingerprint density at radius 1 is 0.950 bits per heavy atom. The van der Waals surface area contributed by atoms with Gasteiger partial charge in [-0.3, -0.25) is 4.79 Å². The van der Waals surface area contributed by atoms with Gasteiger partial charge in [-0.2, -0.15) is 0 Å². The van der Waals surface area contributed by atoms with Crippen molar-refractivity contribution in [1.82, 2.24) is 0 Å². The van der Waals surface area contributed by atoms with Gasteiger partial charge in [0.1, 0.15) is 0 Å². The molecule has 2 aromatic carbocycles. The molecule has 2 aromatic rings. The minimum absolute atomic E-state index is 0.0536. The van der Waals surface area contributed by atoms with Crippen molar-refractivity contribution in [3.63, 3.8) is 0 Å². The van der Waals surface area contributed by atoms with Gasteiger partial charge in [0.25, 0.3) is 0 Å². The van der Waals surface area contributed by atoms with Gasteiger partial charge in [-0.1, -0.05) is 52.5 Å². The molecule has 0 bridgehead atoms. The molecule has 0 aliphatic carbocycles. The molecular weight excluding hydrogens is 352 g/mol. The van der Waals surface area contributed by atoms with Crippen LogP contribution >= 0.6 is 46.4 Å². The molecule has 0 saturated heterocycles. The van der Waals surface area contributed by atoms with Gasteiger partial charge >= 0.3 is 0 Å². The average Bonchev–Trinajstić information content (AvgIpc) is 2.39. The van der Waals surface area contributed by atoms with Gasteiger partial charge in [0.2, 0.25) is 0 Å². The second-order valence-electron chi connectivity index (χ2n) is 3.77. The highest BCUT2D eigenvalue weighted by Crippen LogP contribution is 2.38. The van der Waals surface area contributed by atoms with E-state index in [0.29, 0.717) is 0 Å². The summed E-state index contributed by atoms with van der Waals surface area (Å²) in [4.78, 5) is 12.2. The van der Waals surface area contributed by atoms with Crippen LogP contribution in [0.4, 0.5) is 8.78 Å². The first-order valence-corrected chi connectivity index (χ1v) is 6.67. The molecule has 0 aliphatic rings. The number of rotatable bonds is 2. The molecule has 0 N–H and O–H groups in total. The van der Waals surface area contributed by atoms with Crippen LogP contribution in [0.15, 0.2) is 24.3 Å². The van der Waals surface area contributed by atoms with Crippen LogP contribution in [-0.4, -0.2) is 5.78 Å². The average molecular weight is 356 g/mol. The number of benzene rings is 2. The van der Waals surface area contributed by atoms with Crippen LogP contribution in [0, 0.1) is 11.6 Å². The highest BCUT2D eigenvalue weighted by atomic mass is 35.5. The van der Waals surface area contributed by atoms with Gasteiger partial charge in [-0.05, 0) is 18.2 Å². The van der Waals surface area contributed by atoms with E-state index in [1.807, 2.05) is 0 Å². The number of ketones is 1. The lowest BCUT2D eigenvalue weighted by Gasteiger charge is -2.10. The smallest absolute Gasteiger partial charge is 0.199 e. The predicted octanol–water partition coefficient (Wildman–Crippen LogP) is 5.81. The maximum atomic E-state index is 13.6. The number of carbonyl (C=O) groups excluding carboxylic acids is 1. The summed E-state index contributed by atoms with van der Waals surface area (Å²) in [6, 6.07) is 4.42. The third-order valence-electron chi connectivity index (χ3n) is 2.54. The van der Waals surface area contributed by atoms with Crippen LogP contribution in [-0.2, 0) is 0 Å². The summed E-state index contributed by atoms with van der Waals surface area (Å²) in [6.07, 6.45) is 0. The molecule has 0 atom stereocenters. The second-order valence-corrected chi connectivity index (χ2v) is 5.34. The molecule has 2 rings (SSSR count). The quantitative estimate of drug-likeness (QED) is 0.377. The number of carbonyl (C=O) groups is 1. The molecule has 0 spiro atoms. The summed E-state index contributed by atoms with van der Waals surface area (Å²) in [7, 11) is 0. The van der Waals surface area contributed by atoms with Gasteiger partial charge in [-0.15, -0.1) is 0 Å². The summed E-state index contributed by atoms with van der Waals surface area (Å²) in [5.41, 5.74) is -0.723. The monoisotopic (exact) mass is 354 g/mol. The minimum atomic E-state index is -1.28. The van der Waals surface area contributed by atoms with Crippen molar-refractivity contribution in [3.8, 4) is 0 Å². The van der Waals surface area contributed by atoms with Crippen LogP contribution < -0.4 is 0 Å². The summed E-state index contributed by atoms with van der Waals surface area (Å²) < 4.78 is 26.8. The molecule has 0 saturated carbocycles. The number of halogens is 6. The lowest BCUT2D eigenvalue weighted by Crippen LogP contribution is -2.07. The Morgan fingerprint density at radius 2 is 1.60 bits per heavy atom. The normalized spacial score (nSPS) is 10.7. The summed E-state index contributed by atoms with van der Waals surface area (Å²) >= 11 is 23.3. The van der Waals surface area contributed by atoms with Crippen LogP contribution in [0.3, 0.4) is 0 Å². The Labute approximate surface area is 133 Å². The molecular formula is C13H4Cl4F2O. The van der Waals surface area contributed by atoms with Gasteiger partial charge in [0.05, 0.1) is 31.2 Å². The van der Waals surface area contributed by atoms with Crippen molar-refractivity contribution < 1.29 is 13.6 Å². The van der Waals surface area contributed by atoms with Crippen LogP contribution in [0.25, 0.3) is 0 Å². The van der Waals surface area contributed by atoms with Crippen molar-refractivity contribution in [1.29, 1.82) is 0 Å². The Kier molecular flexibility index (Phi) is 4.55. The zero-order chi connectivity index (χ0) is 15.0. The standard InChI is InChI=1S/C13H4Cl4F2O/c14-6-4-7(15)10(16)11(17)9(6)13(20)5-2-1-3-8(18)12(5)19/h1-4H. The SMILES string of the molecule is O=C(c1cccc(F)c1F)c1c(Cl)cc(Cl)c(Cl)c1Cl. The molecule has 1 nitrogen and oxygen atoms in total. The Hall–Kier alpha value is -0.870. The zero-order valence-corrected chi connectivity index (χ0v) is 12.5. The zero-order valence-electron chi connectivity index (χ0n) is 9.49. The largest absolute Gasteiger partial charge is 0.288 e. The number of hydrogen-bond acceptors (Lipinski definition) is 1. The Balaban J connectivity index is 2.66. The second kappa shape index (κ2) is 5.86. The van der Waals surface area contributed by atoms with Gasteiger partial charge in [-0.25, -0.2) is 8.78 Å². The first-order chi connectivity index (χ1) is 9.34. The van der Waals surface area contributed by atoms with Crippen molar-refractivity contribution in [2.75, 3.05) is 0 Å². The van der Waals surface area contributed by atoms with Crippen molar-refractivity contribution in [3.05, 3.63) is 67.1 Å². The van der Waals surface area contributed by atoms with Gasteiger partial charge < -0.3 is 0 Å². The van der Waals surface area contributed by atoms with E-state index in [0.717, 1.165) is 12.1 Å². The van der Waals surface area contributed by atoms with E-state index >= 15 is 0 Å². The van der Waals surface area contributed by atoms with Crippen molar-refractivity contribution in [2.45, 2.75) is 0 Å². The van der Waals surface area contributed by atoms with Crippen LogP contribution in [0.1, 0.15) is 15.9 Å². The topological polar surface area (TPSA) is 17.1 Å². The molecule has 0 aromatic heterocycles. The minimum Gasteiger partial charge on any atom is -0.288 e. The van der Waals surface area contributed by atoms with Crippen LogP contribution in [0.2, 0.25) is 20.1 Å². The third-order valence-corrected chi connectivity index (χ3v) is 4.10. The first-order valence-electron chi connectivity index (χ1n) is 5.16. The highest BCUT2D eigenvalue weighted by Gasteiger charge is 2.24. The molecule has 0 unspecified atom stereocenters. The Bertz CT molecular complexity index is 716. The van der Waals surface area contributed by atoms with E-state index in [-0.39, 0.29) is 25.7 Å². The van der Waals surface area contributed by atoms with E-state index in [1.54, 1.807) is 0 Å². The molecule has 0 heterocycles. The molecule has 0 radical (unpaired) electrons. The van der Waals surface area contributed by atoms with Crippen LogP contribution in [0.5, 0.6) is 0 Å². The number of hydrogen-bond donors (Lipinski definition) is 0. The maximum absolute atomic E-state index is 13.6. The van der Waals surface area contributed by atoms with Crippen molar-refractivity contribution >= 4 is 52.2 Å². The molecule has 0 amide bonds. The van der Waals surface area contributed by atoms with E-state index in [1.165, 1.54) is 12.1 Å². The maximum Gasteiger partial charge on any atom is 0.199 e. The Morgan fingerprint density at radius 3 is 2.25 bits per heavy atom. The van der Waals surface area contributed by atoms with E-state index in [4.69, 9.17) is 46.4 Å². The third kappa shape index (κ3) is 2.63. The van der Waals surface area contributed by atoms with E-state index in [9.17, 15) is 13.6 Å². The fraction of sp³-hybridized carbons (Fsp3) is 0. The van der Waals surface area contributed by atoms with E-state index < -0.39 is 23.0 Å². The summed E-state index contributed by atoms with van der Waals surface area (Å²) in [5, 5.41) is -0.341.